The summed E-state index contributed by atoms with van der Waals surface area (Å²) in [4.78, 5) is 7.23. The van der Waals surface area contributed by atoms with Gasteiger partial charge in [0.05, 0.1) is 11.9 Å². The maximum absolute atomic E-state index is 6.17. The zero-order chi connectivity index (χ0) is 13.2. The van der Waals surface area contributed by atoms with Gasteiger partial charge in [0.1, 0.15) is 5.82 Å². The Morgan fingerprint density at radius 2 is 2.16 bits per heavy atom. The molecule has 0 spiro atoms. The van der Waals surface area contributed by atoms with Crippen molar-refractivity contribution in [2.45, 2.75) is 51.6 Å². The van der Waals surface area contributed by atoms with Gasteiger partial charge in [0.25, 0.3) is 0 Å². The van der Waals surface area contributed by atoms with E-state index in [1.54, 1.807) is 0 Å². The van der Waals surface area contributed by atoms with Crippen LogP contribution >= 0.6 is 0 Å². The van der Waals surface area contributed by atoms with Crippen molar-refractivity contribution < 1.29 is 0 Å². The van der Waals surface area contributed by atoms with E-state index in [2.05, 4.69) is 21.4 Å². The zero-order valence-corrected chi connectivity index (χ0v) is 12.0. The largest absolute Gasteiger partial charge is 0.331 e. The Labute approximate surface area is 116 Å². The molecule has 1 fully saturated rings. The van der Waals surface area contributed by atoms with Crippen LogP contribution in [0.1, 0.15) is 50.2 Å². The van der Waals surface area contributed by atoms with E-state index in [1.807, 2.05) is 6.20 Å². The third-order valence-electron chi connectivity index (χ3n) is 4.77. The number of fused-ring (bicyclic) bond motifs is 1. The second kappa shape index (κ2) is 5.63. The number of imidazole rings is 1. The monoisotopic (exact) mass is 262 g/mol. The summed E-state index contributed by atoms with van der Waals surface area (Å²) in [7, 11) is 0. The number of likely N-dealkylation sites (tertiary alicyclic amines) is 1. The van der Waals surface area contributed by atoms with E-state index < -0.39 is 0 Å². The van der Waals surface area contributed by atoms with E-state index in [-0.39, 0.29) is 6.04 Å². The Kier molecular flexibility index (Phi) is 3.89. The number of hydrogen-bond donors (Lipinski definition) is 1. The van der Waals surface area contributed by atoms with E-state index in [0.717, 1.165) is 25.3 Å². The molecule has 4 nitrogen and oxygen atoms in total. The van der Waals surface area contributed by atoms with Crippen molar-refractivity contribution in [3.63, 3.8) is 0 Å². The fourth-order valence-corrected chi connectivity index (χ4v) is 3.63. The number of nitrogens with two attached hydrogens (primary N) is 1. The smallest absolute Gasteiger partial charge is 0.109 e. The van der Waals surface area contributed by atoms with Crippen LogP contribution in [-0.2, 0) is 13.0 Å². The lowest BCUT2D eigenvalue weighted by molar-refractivity contribution is 0.179. The lowest BCUT2D eigenvalue weighted by atomic mass is 9.94. The average molecular weight is 262 g/mol. The van der Waals surface area contributed by atoms with Crippen LogP contribution in [0.25, 0.3) is 0 Å². The van der Waals surface area contributed by atoms with E-state index in [9.17, 15) is 0 Å². The van der Waals surface area contributed by atoms with Crippen molar-refractivity contribution in [1.29, 1.82) is 0 Å². The SMILES string of the molecule is CCN1CCCC(Cc2ncc3n2CCCC3N)C1. The number of rotatable bonds is 3. The summed E-state index contributed by atoms with van der Waals surface area (Å²) >= 11 is 0. The Hall–Kier alpha value is -0.870. The zero-order valence-electron chi connectivity index (χ0n) is 12.0. The van der Waals surface area contributed by atoms with E-state index in [0.29, 0.717) is 0 Å². The maximum atomic E-state index is 6.17. The number of piperidine rings is 1. The first-order chi connectivity index (χ1) is 9.28. The number of nitrogens with zero attached hydrogens (tertiary/aromatic N) is 3. The second-order valence-corrected chi connectivity index (χ2v) is 6.11. The van der Waals surface area contributed by atoms with Gasteiger partial charge in [0, 0.05) is 25.6 Å². The highest BCUT2D eigenvalue weighted by Crippen LogP contribution is 2.26. The third-order valence-corrected chi connectivity index (χ3v) is 4.77. The molecule has 0 saturated carbocycles. The van der Waals surface area contributed by atoms with Crippen LogP contribution in [-0.4, -0.2) is 34.1 Å². The van der Waals surface area contributed by atoms with Crippen molar-refractivity contribution in [2.75, 3.05) is 19.6 Å². The highest BCUT2D eigenvalue weighted by Gasteiger charge is 2.24. The molecule has 0 radical (unpaired) electrons. The number of hydrogen-bond acceptors (Lipinski definition) is 3. The normalized spacial score (nSPS) is 28.3. The summed E-state index contributed by atoms with van der Waals surface area (Å²) in [5.74, 6) is 2.05. The average Bonchev–Trinajstić information content (AvgIpc) is 2.84. The van der Waals surface area contributed by atoms with Gasteiger partial charge in [-0.15, -0.1) is 0 Å². The van der Waals surface area contributed by atoms with E-state index >= 15 is 0 Å². The molecule has 2 N–H and O–H groups in total. The van der Waals surface area contributed by atoms with Gasteiger partial charge in [-0.05, 0) is 44.7 Å². The minimum Gasteiger partial charge on any atom is -0.331 e. The summed E-state index contributed by atoms with van der Waals surface area (Å²) in [6, 6.07) is 0.202. The van der Waals surface area contributed by atoms with Crippen molar-refractivity contribution in [1.82, 2.24) is 14.5 Å². The summed E-state index contributed by atoms with van der Waals surface area (Å²) < 4.78 is 2.39. The molecule has 106 valence electrons. The molecule has 2 unspecified atom stereocenters. The van der Waals surface area contributed by atoms with Gasteiger partial charge in [-0.25, -0.2) is 4.98 Å². The van der Waals surface area contributed by atoms with Gasteiger partial charge in [-0.3, -0.25) is 0 Å². The summed E-state index contributed by atoms with van der Waals surface area (Å²) in [6.45, 7) is 7.07. The fourth-order valence-electron chi connectivity index (χ4n) is 3.63. The molecule has 4 heteroatoms. The minimum atomic E-state index is 0.202. The first kappa shape index (κ1) is 13.1. The van der Waals surface area contributed by atoms with Gasteiger partial charge >= 0.3 is 0 Å². The molecule has 2 aliphatic rings. The van der Waals surface area contributed by atoms with Gasteiger partial charge < -0.3 is 15.2 Å². The van der Waals surface area contributed by atoms with Crippen LogP contribution in [0.4, 0.5) is 0 Å². The quantitative estimate of drug-likeness (QED) is 0.905. The molecule has 2 aliphatic heterocycles. The van der Waals surface area contributed by atoms with Crippen molar-refractivity contribution in [3.05, 3.63) is 17.7 Å². The maximum Gasteiger partial charge on any atom is 0.109 e. The van der Waals surface area contributed by atoms with Gasteiger partial charge in [-0.1, -0.05) is 6.92 Å². The molecule has 3 rings (SSSR count). The molecule has 1 saturated heterocycles. The standard InChI is InChI=1S/C15H26N4/c1-2-18-7-3-5-12(11-18)9-15-17-10-14-13(16)6-4-8-19(14)15/h10,12-13H,2-9,11,16H2,1H3. The Bertz CT molecular complexity index is 426. The van der Waals surface area contributed by atoms with Crippen molar-refractivity contribution in [2.24, 2.45) is 11.7 Å². The molecule has 19 heavy (non-hydrogen) atoms. The topological polar surface area (TPSA) is 47.1 Å². The van der Waals surface area contributed by atoms with Crippen LogP contribution in [0.5, 0.6) is 0 Å². The van der Waals surface area contributed by atoms with Crippen molar-refractivity contribution in [3.8, 4) is 0 Å². The molecule has 1 aromatic rings. The molecular formula is C15H26N4. The van der Waals surface area contributed by atoms with Gasteiger partial charge in [0.2, 0.25) is 0 Å². The molecule has 0 aliphatic carbocycles. The lowest BCUT2D eigenvalue weighted by Crippen LogP contribution is -2.36. The molecular weight excluding hydrogens is 236 g/mol. The molecule has 2 atom stereocenters. The molecule has 1 aromatic heterocycles. The van der Waals surface area contributed by atoms with Gasteiger partial charge in [0.15, 0.2) is 0 Å². The van der Waals surface area contributed by atoms with Crippen LogP contribution in [0, 0.1) is 5.92 Å². The minimum absolute atomic E-state index is 0.202. The van der Waals surface area contributed by atoms with Gasteiger partial charge in [-0.2, -0.15) is 0 Å². The van der Waals surface area contributed by atoms with E-state index in [1.165, 1.54) is 50.4 Å². The lowest BCUT2D eigenvalue weighted by Gasteiger charge is -2.32. The van der Waals surface area contributed by atoms with Crippen LogP contribution < -0.4 is 5.73 Å². The Morgan fingerprint density at radius 1 is 1.32 bits per heavy atom. The van der Waals surface area contributed by atoms with Crippen LogP contribution in [0.2, 0.25) is 0 Å². The Morgan fingerprint density at radius 3 is 3.00 bits per heavy atom. The first-order valence-electron chi connectivity index (χ1n) is 7.80. The highest BCUT2D eigenvalue weighted by atomic mass is 15.1. The number of aromatic nitrogens is 2. The summed E-state index contributed by atoms with van der Waals surface area (Å²) in [5, 5.41) is 0. The van der Waals surface area contributed by atoms with Crippen LogP contribution in [0.3, 0.4) is 0 Å². The highest BCUT2D eigenvalue weighted by molar-refractivity contribution is 5.12. The Balaban J connectivity index is 1.70. The summed E-state index contributed by atoms with van der Waals surface area (Å²) in [5.41, 5.74) is 7.42. The van der Waals surface area contributed by atoms with Crippen LogP contribution in [0.15, 0.2) is 6.20 Å². The molecule has 3 heterocycles. The molecule has 0 amide bonds. The third kappa shape index (κ3) is 2.70. The second-order valence-electron chi connectivity index (χ2n) is 6.11. The van der Waals surface area contributed by atoms with Crippen molar-refractivity contribution >= 4 is 0 Å². The first-order valence-corrected chi connectivity index (χ1v) is 7.80. The molecule has 0 bridgehead atoms. The van der Waals surface area contributed by atoms with E-state index in [4.69, 9.17) is 5.73 Å². The molecule has 0 aromatic carbocycles. The summed E-state index contributed by atoms with van der Waals surface area (Å²) in [6.07, 6.45) is 8.14. The predicted octanol–water partition coefficient (Wildman–Crippen LogP) is 1.95. The predicted molar refractivity (Wildman–Crippen MR) is 76.9 cm³/mol. The fraction of sp³-hybridized carbons (Fsp3) is 0.800.